The van der Waals surface area contributed by atoms with Gasteiger partial charge in [0.2, 0.25) is 10.0 Å². The summed E-state index contributed by atoms with van der Waals surface area (Å²) in [5.41, 5.74) is 5.86. The highest BCUT2D eigenvalue weighted by atomic mass is 32.2. The molecule has 0 spiro atoms. The Morgan fingerprint density at radius 2 is 1.81 bits per heavy atom. The maximum absolute atomic E-state index is 12.4. The van der Waals surface area contributed by atoms with E-state index in [0.29, 0.717) is 6.54 Å². The van der Waals surface area contributed by atoms with Gasteiger partial charge in [0.05, 0.1) is 5.25 Å². The minimum absolute atomic E-state index is 0.0781. The molecule has 1 saturated heterocycles. The Kier molecular flexibility index (Phi) is 3.56. The first-order valence-corrected chi connectivity index (χ1v) is 7.78. The quantitative estimate of drug-likeness (QED) is 0.792. The first-order valence-electron chi connectivity index (χ1n) is 6.28. The van der Waals surface area contributed by atoms with E-state index in [2.05, 4.69) is 0 Å². The molecule has 2 fully saturated rings. The lowest BCUT2D eigenvalue weighted by Crippen LogP contribution is -2.50. The number of sulfonamides is 1. The van der Waals surface area contributed by atoms with Crippen molar-refractivity contribution in [3.8, 4) is 0 Å². The van der Waals surface area contributed by atoms with E-state index in [0.717, 1.165) is 38.5 Å². The van der Waals surface area contributed by atoms with Crippen molar-refractivity contribution in [1.82, 2.24) is 4.31 Å². The Hall–Kier alpha value is -0.130. The van der Waals surface area contributed by atoms with Crippen LogP contribution in [0, 0.1) is 0 Å². The van der Waals surface area contributed by atoms with Crippen LogP contribution in [-0.2, 0) is 10.0 Å². The first kappa shape index (κ1) is 12.3. The predicted octanol–water partition coefficient (Wildman–Crippen LogP) is 1.07. The Bertz CT molecular complexity index is 336. The van der Waals surface area contributed by atoms with Crippen LogP contribution in [-0.4, -0.2) is 36.6 Å². The molecule has 0 bridgehead atoms. The summed E-state index contributed by atoms with van der Waals surface area (Å²) >= 11 is 0. The Balaban J connectivity index is 2.10. The minimum atomic E-state index is -3.06. The van der Waals surface area contributed by atoms with E-state index in [9.17, 15) is 8.42 Å². The van der Waals surface area contributed by atoms with Crippen molar-refractivity contribution in [2.24, 2.45) is 5.73 Å². The third kappa shape index (κ3) is 2.26. The standard InChI is InChI=1S/C11H22N2O2S/c1-9-8-10(12)6-7-13(9)16(14,15)11-4-2-3-5-11/h9-11H,2-8,12H2,1H3. The van der Waals surface area contributed by atoms with Crippen LogP contribution in [0.25, 0.3) is 0 Å². The molecule has 0 aromatic heterocycles. The highest BCUT2D eigenvalue weighted by molar-refractivity contribution is 7.89. The predicted molar refractivity (Wildman–Crippen MR) is 64.6 cm³/mol. The zero-order chi connectivity index (χ0) is 11.8. The summed E-state index contributed by atoms with van der Waals surface area (Å²) in [5, 5.41) is -0.121. The fourth-order valence-corrected chi connectivity index (χ4v) is 5.20. The Labute approximate surface area is 98.2 Å². The number of nitrogens with zero attached hydrogens (tertiary/aromatic N) is 1. The third-order valence-electron chi connectivity index (χ3n) is 3.91. The fraction of sp³-hybridized carbons (Fsp3) is 1.00. The van der Waals surface area contributed by atoms with Gasteiger partial charge >= 0.3 is 0 Å². The topological polar surface area (TPSA) is 63.4 Å². The Morgan fingerprint density at radius 3 is 2.38 bits per heavy atom. The van der Waals surface area contributed by atoms with Crippen LogP contribution in [0.2, 0.25) is 0 Å². The molecule has 2 N–H and O–H groups in total. The highest BCUT2D eigenvalue weighted by Crippen LogP contribution is 2.30. The second kappa shape index (κ2) is 4.63. The zero-order valence-corrected chi connectivity index (χ0v) is 10.7. The van der Waals surface area contributed by atoms with Crippen LogP contribution in [0.15, 0.2) is 0 Å². The summed E-state index contributed by atoms with van der Waals surface area (Å²) in [6, 6.07) is 0.249. The van der Waals surface area contributed by atoms with Crippen LogP contribution in [0.5, 0.6) is 0 Å². The van der Waals surface area contributed by atoms with E-state index < -0.39 is 10.0 Å². The van der Waals surface area contributed by atoms with Gasteiger partial charge in [0, 0.05) is 18.6 Å². The molecule has 1 saturated carbocycles. The van der Waals surface area contributed by atoms with Gasteiger partial charge in [-0.1, -0.05) is 12.8 Å². The monoisotopic (exact) mass is 246 g/mol. The van der Waals surface area contributed by atoms with Crippen molar-refractivity contribution in [3.63, 3.8) is 0 Å². The molecule has 1 aliphatic heterocycles. The molecule has 2 aliphatic rings. The number of hydrogen-bond donors (Lipinski definition) is 1. The summed E-state index contributed by atoms with van der Waals surface area (Å²) in [5.74, 6) is 0. The fourth-order valence-electron chi connectivity index (χ4n) is 2.94. The van der Waals surface area contributed by atoms with Crippen LogP contribution in [0.3, 0.4) is 0 Å². The van der Waals surface area contributed by atoms with Crippen molar-refractivity contribution < 1.29 is 8.42 Å². The summed E-state index contributed by atoms with van der Waals surface area (Å²) in [7, 11) is -3.06. The second-order valence-electron chi connectivity index (χ2n) is 5.20. The molecule has 2 unspecified atom stereocenters. The van der Waals surface area contributed by atoms with E-state index in [-0.39, 0.29) is 17.3 Å². The molecule has 0 radical (unpaired) electrons. The number of rotatable bonds is 2. The molecule has 2 atom stereocenters. The molecular weight excluding hydrogens is 224 g/mol. The molecule has 5 heteroatoms. The molecule has 0 amide bonds. The summed E-state index contributed by atoms with van der Waals surface area (Å²) in [6.07, 6.45) is 5.41. The lowest BCUT2D eigenvalue weighted by atomic mass is 10.0. The van der Waals surface area contributed by atoms with Crippen molar-refractivity contribution in [2.75, 3.05) is 6.54 Å². The van der Waals surface area contributed by atoms with Crippen molar-refractivity contribution in [2.45, 2.75) is 62.8 Å². The molecule has 4 nitrogen and oxygen atoms in total. The lowest BCUT2D eigenvalue weighted by molar-refractivity contribution is 0.245. The summed E-state index contributed by atoms with van der Waals surface area (Å²) < 4.78 is 26.5. The smallest absolute Gasteiger partial charge is 0.217 e. The lowest BCUT2D eigenvalue weighted by Gasteiger charge is -2.36. The van der Waals surface area contributed by atoms with Crippen LogP contribution in [0.4, 0.5) is 0 Å². The largest absolute Gasteiger partial charge is 0.328 e. The molecule has 1 aliphatic carbocycles. The van der Waals surface area contributed by atoms with Gasteiger partial charge in [-0.3, -0.25) is 0 Å². The molecule has 2 rings (SSSR count). The normalized spacial score (nSPS) is 34.4. The average Bonchev–Trinajstić information content (AvgIpc) is 2.69. The van der Waals surface area contributed by atoms with E-state index >= 15 is 0 Å². The minimum Gasteiger partial charge on any atom is -0.328 e. The van der Waals surface area contributed by atoms with Crippen LogP contribution < -0.4 is 5.73 Å². The van der Waals surface area contributed by atoms with Gasteiger partial charge in [0.25, 0.3) is 0 Å². The molecular formula is C11H22N2O2S. The first-order chi connectivity index (χ1) is 7.51. The SMILES string of the molecule is CC1CC(N)CCN1S(=O)(=O)C1CCCC1. The molecule has 0 aromatic rings. The third-order valence-corrected chi connectivity index (χ3v) is 6.42. The average molecular weight is 246 g/mol. The Morgan fingerprint density at radius 1 is 1.19 bits per heavy atom. The maximum atomic E-state index is 12.4. The van der Waals surface area contributed by atoms with Gasteiger partial charge in [-0.2, -0.15) is 4.31 Å². The van der Waals surface area contributed by atoms with Crippen molar-refractivity contribution in [1.29, 1.82) is 0 Å². The van der Waals surface area contributed by atoms with E-state index in [1.54, 1.807) is 4.31 Å². The molecule has 16 heavy (non-hydrogen) atoms. The van der Waals surface area contributed by atoms with Gasteiger partial charge in [-0.25, -0.2) is 8.42 Å². The number of piperidine rings is 1. The van der Waals surface area contributed by atoms with Gasteiger partial charge < -0.3 is 5.73 Å². The zero-order valence-electron chi connectivity index (χ0n) is 9.93. The molecule has 0 aromatic carbocycles. The van der Waals surface area contributed by atoms with Gasteiger partial charge in [-0.15, -0.1) is 0 Å². The van der Waals surface area contributed by atoms with Crippen LogP contribution in [0.1, 0.15) is 45.4 Å². The van der Waals surface area contributed by atoms with Crippen molar-refractivity contribution >= 4 is 10.0 Å². The van der Waals surface area contributed by atoms with Gasteiger partial charge in [-0.05, 0) is 32.6 Å². The second-order valence-corrected chi connectivity index (χ2v) is 7.36. The number of nitrogens with two attached hydrogens (primary N) is 1. The number of hydrogen-bond acceptors (Lipinski definition) is 3. The van der Waals surface area contributed by atoms with Crippen molar-refractivity contribution in [3.05, 3.63) is 0 Å². The van der Waals surface area contributed by atoms with Gasteiger partial charge in [0.1, 0.15) is 0 Å². The van der Waals surface area contributed by atoms with Crippen LogP contribution >= 0.6 is 0 Å². The van der Waals surface area contributed by atoms with E-state index in [1.165, 1.54) is 0 Å². The summed E-state index contributed by atoms with van der Waals surface area (Å²) in [4.78, 5) is 0. The maximum Gasteiger partial charge on any atom is 0.217 e. The highest BCUT2D eigenvalue weighted by Gasteiger charge is 2.38. The van der Waals surface area contributed by atoms with E-state index in [4.69, 9.17) is 5.73 Å². The molecule has 94 valence electrons. The summed E-state index contributed by atoms with van der Waals surface area (Å²) in [6.45, 7) is 2.59. The molecule has 1 heterocycles. The van der Waals surface area contributed by atoms with Gasteiger partial charge in [0.15, 0.2) is 0 Å². The van der Waals surface area contributed by atoms with E-state index in [1.807, 2.05) is 6.92 Å².